The minimum absolute atomic E-state index is 0.0290. The highest BCUT2D eigenvalue weighted by molar-refractivity contribution is 6.32. The number of rotatable bonds is 3. The van der Waals surface area contributed by atoms with Gasteiger partial charge in [0.25, 0.3) is 11.7 Å². The molecule has 320 valence electrons. The summed E-state index contributed by atoms with van der Waals surface area (Å²) in [5.41, 5.74) is -1.20. The van der Waals surface area contributed by atoms with E-state index in [-0.39, 0.29) is 89.6 Å². The van der Waals surface area contributed by atoms with Gasteiger partial charge in [-0.05, 0) is 33.8 Å². The molecular formula is C44H56N2O13. The van der Waals surface area contributed by atoms with E-state index >= 15 is 0 Å². The number of nitrogens with one attached hydrogen (secondary N) is 1. The zero-order valence-corrected chi connectivity index (χ0v) is 35.6. The highest BCUT2D eigenvalue weighted by atomic mass is 16.7. The first-order chi connectivity index (χ1) is 27.7. The van der Waals surface area contributed by atoms with Crippen LogP contribution in [0.2, 0.25) is 0 Å². The molecule has 5 heterocycles. The van der Waals surface area contributed by atoms with Crippen LogP contribution in [0.4, 0.5) is 0 Å². The van der Waals surface area contributed by atoms with Gasteiger partial charge in [0, 0.05) is 68.9 Å². The number of methoxy groups -OCH3 is 1. The average Bonchev–Trinajstić information content (AvgIpc) is 3.45. The van der Waals surface area contributed by atoms with Crippen LogP contribution >= 0.6 is 0 Å². The summed E-state index contributed by atoms with van der Waals surface area (Å²) in [5, 5.41) is 14.2. The molecule has 2 N–H and O–H groups in total. The maximum absolute atomic E-state index is 14.7. The Hall–Kier alpha value is -4.83. The number of ketones is 3. The molecule has 0 spiro atoms. The van der Waals surface area contributed by atoms with E-state index in [1.54, 1.807) is 30.1 Å². The van der Waals surface area contributed by atoms with Crippen molar-refractivity contribution >= 4 is 29.2 Å². The Morgan fingerprint density at radius 3 is 2.20 bits per heavy atom. The van der Waals surface area contributed by atoms with Gasteiger partial charge in [0.1, 0.15) is 29.0 Å². The van der Waals surface area contributed by atoms with E-state index in [0.717, 1.165) is 0 Å². The third-order valence-corrected chi connectivity index (χ3v) is 12.0. The number of Topliss-reactive ketones (excluding diaryl/α,β-unsaturated/α-hetero) is 3. The number of phenols is 1. The molecule has 7 rings (SSSR count). The number of aromatic hydroxyl groups is 1. The van der Waals surface area contributed by atoms with Crippen LogP contribution < -0.4 is 10.1 Å². The molecule has 1 aliphatic carbocycles. The van der Waals surface area contributed by atoms with Crippen molar-refractivity contribution in [3.8, 4) is 11.5 Å². The van der Waals surface area contributed by atoms with Crippen LogP contribution in [0.25, 0.3) is 0 Å². The maximum Gasteiger partial charge on any atom is 0.312 e. The van der Waals surface area contributed by atoms with E-state index in [1.165, 1.54) is 34.1 Å². The van der Waals surface area contributed by atoms with Crippen LogP contribution in [0.5, 0.6) is 11.5 Å². The van der Waals surface area contributed by atoms with Gasteiger partial charge in [0.15, 0.2) is 5.79 Å². The number of carbonyl (C=O) groups is 5. The lowest BCUT2D eigenvalue weighted by Crippen LogP contribution is -2.56. The van der Waals surface area contributed by atoms with Crippen molar-refractivity contribution in [1.29, 1.82) is 0 Å². The van der Waals surface area contributed by atoms with Gasteiger partial charge in [-0.25, -0.2) is 0 Å². The van der Waals surface area contributed by atoms with Crippen LogP contribution in [0.1, 0.15) is 99.0 Å². The molecule has 1 amide bonds. The van der Waals surface area contributed by atoms with E-state index in [0.29, 0.717) is 0 Å². The fourth-order valence-electron chi connectivity index (χ4n) is 8.85. The summed E-state index contributed by atoms with van der Waals surface area (Å²) in [6.07, 6.45) is 5.85. The molecule has 2 saturated heterocycles. The minimum atomic E-state index is -2.04. The normalized spacial score (nSPS) is 32.7. The van der Waals surface area contributed by atoms with E-state index in [4.69, 9.17) is 33.2 Å². The Kier molecular flexibility index (Phi) is 12.4. The smallest absolute Gasteiger partial charge is 0.312 e. The van der Waals surface area contributed by atoms with Crippen molar-refractivity contribution in [2.45, 2.75) is 105 Å². The fourth-order valence-corrected chi connectivity index (χ4v) is 8.85. The van der Waals surface area contributed by atoms with Gasteiger partial charge >= 0.3 is 11.8 Å². The fraction of sp³-hybridized carbons (Fsp3) is 0.568. The number of fused-ring (bicyclic) bond motifs is 10. The van der Waals surface area contributed by atoms with Crippen LogP contribution in [0, 0.1) is 30.6 Å². The minimum Gasteiger partial charge on any atom is -0.507 e. The largest absolute Gasteiger partial charge is 0.507 e. The molecule has 7 bridgehead atoms. The first kappa shape index (κ1) is 43.7. The topological polar surface area (TPSA) is 185 Å². The summed E-state index contributed by atoms with van der Waals surface area (Å²) in [5.74, 6) is -8.45. The molecule has 1 aromatic carbocycles. The molecule has 6 aliphatic rings. The van der Waals surface area contributed by atoms with Gasteiger partial charge in [-0.15, -0.1) is 0 Å². The predicted molar refractivity (Wildman–Crippen MR) is 212 cm³/mol. The van der Waals surface area contributed by atoms with Crippen molar-refractivity contribution in [1.82, 2.24) is 10.2 Å². The van der Waals surface area contributed by atoms with Gasteiger partial charge in [0.05, 0.1) is 54.5 Å². The Bertz CT molecular complexity index is 2040. The van der Waals surface area contributed by atoms with Gasteiger partial charge in [-0.2, -0.15) is 0 Å². The summed E-state index contributed by atoms with van der Waals surface area (Å²) in [7, 11) is 1.50. The number of esters is 1. The van der Waals surface area contributed by atoms with Crippen molar-refractivity contribution in [3.63, 3.8) is 0 Å². The van der Waals surface area contributed by atoms with Crippen LogP contribution in [-0.4, -0.2) is 109 Å². The summed E-state index contributed by atoms with van der Waals surface area (Å²) >= 11 is 0. The third kappa shape index (κ3) is 8.09. The van der Waals surface area contributed by atoms with Crippen molar-refractivity contribution in [3.05, 3.63) is 69.8 Å². The molecule has 0 saturated carbocycles. The number of nitrogens with zero attached hydrogens (tertiary/aromatic N) is 1. The van der Waals surface area contributed by atoms with E-state index in [2.05, 4.69) is 5.32 Å². The van der Waals surface area contributed by atoms with E-state index < -0.39 is 76.3 Å². The Morgan fingerprint density at radius 2 is 1.56 bits per heavy atom. The summed E-state index contributed by atoms with van der Waals surface area (Å²) in [6, 6.07) is 0. The lowest BCUT2D eigenvalue weighted by molar-refractivity contribution is -0.336. The van der Waals surface area contributed by atoms with Gasteiger partial charge in [-0.1, -0.05) is 45.9 Å². The standard InChI is InChI=1S/C44H56N2O13/c1-21-13-12-14-22(2)42(52)45-32-33(46-16-19-54-20-17-46)36(50)29-30(35(32)49)34(48)24(4)40-31(29)41(51)44(10,59-40)55-18-15-28(53-11)23(3)38(56-27(7)47)26(6)39-25(5)37(21)57-43(8,9)58-39/h12-15,18,21,23,25-26,28,37-39,48H,16-17,19-20H2,1-11H3,(H,45,52). The first-order valence-electron chi connectivity index (χ1n) is 20.1. The highest BCUT2D eigenvalue weighted by Gasteiger charge is 2.53. The average molecular weight is 821 g/mol. The third-order valence-electron chi connectivity index (χ3n) is 12.0. The van der Waals surface area contributed by atoms with Gasteiger partial charge < -0.3 is 48.5 Å². The number of carbonyl (C=O) groups excluding carboxylic acids is 5. The summed E-state index contributed by atoms with van der Waals surface area (Å²) in [6.45, 7) is 18.2. The molecule has 0 aromatic heterocycles. The molecule has 9 atom stereocenters. The number of ether oxygens (including phenoxy) is 7. The van der Waals surface area contributed by atoms with E-state index in [1.807, 2.05) is 47.6 Å². The van der Waals surface area contributed by atoms with Crippen molar-refractivity contribution in [2.75, 3.05) is 33.4 Å². The number of morpholine rings is 1. The van der Waals surface area contributed by atoms with Crippen LogP contribution in [0.15, 0.2) is 47.5 Å². The number of benzene rings is 1. The second kappa shape index (κ2) is 16.7. The molecule has 9 unspecified atom stereocenters. The Morgan fingerprint density at radius 1 is 0.898 bits per heavy atom. The second-order valence-electron chi connectivity index (χ2n) is 16.7. The van der Waals surface area contributed by atoms with E-state index in [9.17, 15) is 29.1 Å². The highest BCUT2D eigenvalue weighted by Crippen LogP contribution is 2.49. The van der Waals surface area contributed by atoms with Crippen molar-refractivity contribution in [2.24, 2.45) is 23.7 Å². The predicted octanol–water partition coefficient (Wildman–Crippen LogP) is 5.09. The molecule has 1 aromatic rings. The molecule has 2 fully saturated rings. The number of allylic oxidation sites excluding steroid dienone is 4. The van der Waals surface area contributed by atoms with Crippen LogP contribution in [0.3, 0.4) is 0 Å². The molecule has 5 aliphatic heterocycles. The molecule has 15 nitrogen and oxygen atoms in total. The molecule has 15 heteroatoms. The van der Waals surface area contributed by atoms with Gasteiger partial charge in [-0.3, -0.25) is 24.0 Å². The lowest BCUT2D eigenvalue weighted by atomic mass is 9.77. The number of hydrogen-bond acceptors (Lipinski definition) is 14. The Balaban J connectivity index is 1.50. The molecular weight excluding hydrogens is 764 g/mol. The number of phenolic OH excluding ortho intramolecular Hbond substituents is 1. The Labute approximate surface area is 344 Å². The summed E-state index contributed by atoms with van der Waals surface area (Å²) < 4.78 is 42.6. The quantitative estimate of drug-likeness (QED) is 0.385. The zero-order valence-electron chi connectivity index (χ0n) is 35.6. The second-order valence-corrected chi connectivity index (χ2v) is 16.7. The lowest BCUT2D eigenvalue weighted by Gasteiger charge is -2.50. The van der Waals surface area contributed by atoms with Gasteiger partial charge in [0.2, 0.25) is 11.6 Å². The van der Waals surface area contributed by atoms with Crippen molar-refractivity contribution < 1.29 is 62.2 Å². The maximum atomic E-state index is 14.7. The monoisotopic (exact) mass is 820 g/mol. The first-order valence-corrected chi connectivity index (χ1v) is 20.1. The molecule has 0 radical (unpaired) electrons. The SMILES string of the molecule is COC1C=COC2(C)Oc3c(C)c(O)c4c(c3C2=O)C(=O)C(N2CCOCC2)=C(NC(=O)C(C)=CC=CC(C)C2OC(C)(C)OC(C2C)C(C)C(OC(C)=O)C1C)C4=O. The zero-order chi connectivity index (χ0) is 43.3. The number of hydrogen-bond donors (Lipinski definition) is 2. The number of amides is 1. The summed E-state index contributed by atoms with van der Waals surface area (Å²) in [4.78, 5) is 71.8. The van der Waals surface area contributed by atoms with Crippen LogP contribution in [-0.2, 0) is 38.0 Å². The molecule has 59 heavy (non-hydrogen) atoms.